The molecule has 0 aromatic heterocycles. The number of hydrogen-bond acceptors (Lipinski definition) is 3. The van der Waals surface area contributed by atoms with Crippen LogP contribution in [0, 0.1) is 11.3 Å². The maximum Gasteiger partial charge on any atom is 0.144 e. The summed E-state index contributed by atoms with van der Waals surface area (Å²) >= 11 is 0. The molecule has 1 aromatic carbocycles. The van der Waals surface area contributed by atoms with Crippen molar-refractivity contribution in [3.05, 3.63) is 47.2 Å². The molecule has 1 saturated heterocycles. The minimum Gasteiger partial charge on any atom is -0.375 e. The van der Waals surface area contributed by atoms with Crippen molar-refractivity contribution in [3.8, 4) is 6.07 Å². The van der Waals surface area contributed by atoms with Gasteiger partial charge in [0.15, 0.2) is 0 Å². The van der Waals surface area contributed by atoms with Gasteiger partial charge in [0, 0.05) is 17.6 Å². The molecule has 2 aliphatic rings. The minimum atomic E-state index is 0.373. The van der Waals surface area contributed by atoms with Crippen LogP contribution >= 0.6 is 0 Å². The standard InChI is InChI=1S/C18H22N3O/c1-13(2)21(17-8-9-22-12-17)11-14(3)18(20-21)16-6-4-15(10-19)5-7-16/h4-7,11,13,17H,8-9,12H2,1-3H3/q+1. The van der Waals surface area contributed by atoms with Crippen LogP contribution in [0.2, 0.25) is 0 Å². The zero-order valence-electron chi connectivity index (χ0n) is 13.4. The van der Waals surface area contributed by atoms with Crippen molar-refractivity contribution in [2.24, 2.45) is 5.10 Å². The number of quaternary nitrogens is 1. The van der Waals surface area contributed by atoms with Gasteiger partial charge in [-0.25, -0.2) is 0 Å². The van der Waals surface area contributed by atoms with Crippen LogP contribution in [0.4, 0.5) is 0 Å². The van der Waals surface area contributed by atoms with Crippen LogP contribution in [0.1, 0.15) is 38.3 Å². The quantitative estimate of drug-likeness (QED) is 0.804. The van der Waals surface area contributed by atoms with Gasteiger partial charge in [-0.2, -0.15) is 9.85 Å². The van der Waals surface area contributed by atoms with E-state index in [1.807, 2.05) is 24.3 Å². The average molecular weight is 296 g/mol. The van der Waals surface area contributed by atoms with Crippen LogP contribution in [-0.2, 0) is 4.74 Å². The molecule has 2 aliphatic heterocycles. The Morgan fingerprint density at radius 1 is 1.32 bits per heavy atom. The summed E-state index contributed by atoms with van der Waals surface area (Å²) in [6, 6.07) is 10.6. The molecule has 22 heavy (non-hydrogen) atoms. The highest BCUT2D eigenvalue weighted by Crippen LogP contribution is 2.34. The Labute approximate surface area is 131 Å². The maximum absolute atomic E-state index is 8.94. The van der Waals surface area contributed by atoms with Crippen molar-refractivity contribution < 1.29 is 9.33 Å². The number of benzene rings is 1. The summed E-state index contributed by atoms with van der Waals surface area (Å²) in [4.78, 5) is 0. The average Bonchev–Trinajstić information content (AvgIpc) is 3.15. The third kappa shape index (κ3) is 2.37. The number of allylic oxidation sites excluding steroid dienone is 1. The highest BCUT2D eigenvalue weighted by Gasteiger charge is 2.45. The molecule has 3 rings (SSSR count). The van der Waals surface area contributed by atoms with Crippen molar-refractivity contribution in [2.75, 3.05) is 13.2 Å². The molecule has 0 saturated carbocycles. The Balaban J connectivity index is 2.01. The molecule has 4 nitrogen and oxygen atoms in total. The molecule has 0 aliphatic carbocycles. The van der Waals surface area contributed by atoms with Gasteiger partial charge in [0.2, 0.25) is 0 Å². The Morgan fingerprint density at radius 2 is 2.05 bits per heavy atom. The van der Waals surface area contributed by atoms with E-state index in [1.165, 1.54) is 5.57 Å². The van der Waals surface area contributed by atoms with Gasteiger partial charge in [0.25, 0.3) is 0 Å². The molecule has 0 spiro atoms. The van der Waals surface area contributed by atoms with Crippen LogP contribution in [0.5, 0.6) is 0 Å². The number of nitrogens with zero attached hydrogens (tertiary/aromatic N) is 3. The SMILES string of the molecule is CC1=C[N+](C(C)C)(C2CCOC2)N=C1c1ccc(C#N)cc1. The monoisotopic (exact) mass is 296 g/mol. The summed E-state index contributed by atoms with van der Waals surface area (Å²) < 4.78 is 6.23. The van der Waals surface area contributed by atoms with E-state index in [4.69, 9.17) is 15.1 Å². The second-order valence-electron chi connectivity index (χ2n) is 6.35. The van der Waals surface area contributed by atoms with Gasteiger partial charge in [0.1, 0.15) is 30.6 Å². The van der Waals surface area contributed by atoms with Crippen LogP contribution in [0.3, 0.4) is 0 Å². The van der Waals surface area contributed by atoms with Crippen LogP contribution in [-0.4, -0.2) is 35.6 Å². The number of ether oxygens (including phenoxy) is 1. The third-order valence-electron chi connectivity index (χ3n) is 4.65. The Bertz CT molecular complexity index is 661. The van der Waals surface area contributed by atoms with Crippen molar-refractivity contribution in [1.82, 2.24) is 0 Å². The van der Waals surface area contributed by atoms with Gasteiger partial charge in [-0.15, -0.1) is 0 Å². The fraction of sp³-hybridized carbons (Fsp3) is 0.444. The fourth-order valence-corrected chi connectivity index (χ4v) is 3.36. The first kappa shape index (κ1) is 15.0. The van der Waals surface area contributed by atoms with Crippen LogP contribution < -0.4 is 0 Å². The lowest BCUT2D eigenvalue weighted by Gasteiger charge is -2.35. The summed E-state index contributed by atoms with van der Waals surface area (Å²) in [5, 5.41) is 14.0. The Hall–Kier alpha value is -1.96. The largest absolute Gasteiger partial charge is 0.375 e. The normalized spacial score (nSPS) is 27.7. The second-order valence-corrected chi connectivity index (χ2v) is 6.35. The molecule has 0 N–H and O–H groups in total. The lowest BCUT2D eigenvalue weighted by atomic mass is 10.0. The van der Waals surface area contributed by atoms with E-state index in [9.17, 15) is 0 Å². The highest BCUT2D eigenvalue weighted by atomic mass is 16.5. The molecule has 2 unspecified atom stereocenters. The fourth-order valence-electron chi connectivity index (χ4n) is 3.36. The second kappa shape index (κ2) is 5.68. The molecular weight excluding hydrogens is 274 g/mol. The van der Waals surface area contributed by atoms with Gasteiger partial charge in [-0.3, -0.25) is 0 Å². The van der Waals surface area contributed by atoms with Crippen molar-refractivity contribution >= 4 is 5.71 Å². The number of rotatable bonds is 3. The van der Waals surface area contributed by atoms with Crippen molar-refractivity contribution in [3.63, 3.8) is 0 Å². The van der Waals surface area contributed by atoms with E-state index in [0.717, 1.165) is 30.9 Å². The van der Waals surface area contributed by atoms with Gasteiger partial charge in [-0.1, -0.05) is 17.2 Å². The molecule has 2 heterocycles. The van der Waals surface area contributed by atoms with E-state index in [0.29, 0.717) is 22.2 Å². The van der Waals surface area contributed by atoms with Crippen molar-refractivity contribution in [2.45, 2.75) is 39.3 Å². The molecule has 0 bridgehead atoms. The topological polar surface area (TPSA) is 45.4 Å². The lowest BCUT2D eigenvalue weighted by Crippen LogP contribution is -2.51. The predicted molar refractivity (Wildman–Crippen MR) is 86.1 cm³/mol. The Kier molecular flexibility index (Phi) is 3.86. The molecule has 1 aromatic rings. The van der Waals surface area contributed by atoms with E-state index < -0.39 is 0 Å². The number of nitriles is 1. The summed E-state index contributed by atoms with van der Waals surface area (Å²) in [5.74, 6) is 0. The zero-order valence-corrected chi connectivity index (χ0v) is 13.4. The molecular formula is C18H22N3O+. The third-order valence-corrected chi connectivity index (χ3v) is 4.65. The van der Waals surface area contributed by atoms with Crippen LogP contribution in [0.15, 0.2) is 41.1 Å². The number of hydrogen-bond donors (Lipinski definition) is 0. The van der Waals surface area contributed by atoms with E-state index in [1.54, 1.807) is 0 Å². The first-order valence-electron chi connectivity index (χ1n) is 7.83. The first-order valence-corrected chi connectivity index (χ1v) is 7.83. The molecule has 114 valence electrons. The predicted octanol–water partition coefficient (Wildman–Crippen LogP) is 3.19. The maximum atomic E-state index is 8.94. The van der Waals surface area contributed by atoms with Crippen LogP contribution in [0.25, 0.3) is 0 Å². The molecule has 0 amide bonds. The van der Waals surface area contributed by atoms with Gasteiger partial charge in [-0.05, 0) is 32.9 Å². The van der Waals surface area contributed by atoms with E-state index >= 15 is 0 Å². The van der Waals surface area contributed by atoms with Gasteiger partial charge < -0.3 is 4.74 Å². The van der Waals surface area contributed by atoms with Gasteiger partial charge in [0.05, 0.1) is 18.2 Å². The summed E-state index contributed by atoms with van der Waals surface area (Å²) in [6.45, 7) is 8.15. The zero-order chi connectivity index (χ0) is 15.7. The highest BCUT2D eigenvalue weighted by molar-refractivity contribution is 6.12. The molecule has 1 fully saturated rings. The lowest BCUT2D eigenvalue weighted by molar-refractivity contribution is -0.927. The Morgan fingerprint density at radius 3 is 2.59 bits per heavy atom. The summed E-state index contributed by atoms with van der Waals surface area (Å²) in [5.41, 5.74) is 3.99. The van der Waals surface area contributed by atoms with Crippen molar-refractivity contribution in [1.29, 1.82) is 5.26 Å². The first-order chi connectivity index (χ1) is 10.6. The van der Waals surface area contributed by atoms with Gasteiger partial charge >= 0.3 is 0 Å². The molecule has 0 radical (unpaired) electrons. The molecule has 2 atom stereocenters. The summed E-state index contributed by atoms with van der Waals surface area (Å²) in [7, 11) is 0. The summed E-state index contributed by atoms with van der Waals surface area (Å²) in [6.07, 6.45) is 3.32. The smallest absolute Gasteiger partial charge is 0.144 e. The molecule has 4 heteroatoms. The minimum absolute atomic E-state index is 0.373. The van der Waals surface area contributed by atoms with E-state index in [-0.39, 0.29) is 0 Å². The van der Waals surface area contributed by atoms with E-state index in [2.05, 4.69) is 33.0 Å².